The second-order valence-corrected chi connectivity index (χ2v) is 4.09. The normalized spacial score (nSPS) is 30.9. The summed E-state index contributed by atoms with van der Waals surface area (Å²) in [5.74, 6) is 1.48. The fourth-order valence-electron chi connectivity index (χ4n) is 2.54. The first-order chi connectivity index (χ1) is 7.33. The smallest absolute Gasteiger partial charge is 0.309 e. The summed E-state index contributed by atoms with van der Waals surface area (Å²) in [7, 11) is 1.44. The first kappa shape index (κ1) is 8.77. The summed E-state index contributed by atoms with van der Waals surface area (Å²) < 4.78 is 10.4. The summed E-state index contributed by atoms with van der Waals surface area (Å²) in [4.78, 5) is 11.5. The van der Waals surface area contributed by atoms with Crippen LogP contribution in [-0.2, 0) is 9.53 Å². The minimum atomic E-state index is -0.106. The van der Waals surface area contributed by atoms with Crippen molar-refractivity contribution in [1.82, 2.24) is 0 Å². The van der Waals surface area contributed by atoms with E-state index in [1.54, 1.807) is 0 Å². The standard InChI is InChI=1S/C12H12O3/c1-14-12(13)11-8-6-15-9-5-3-2-4-7(9)10(8)11/h2-5,8,10-11H,6H2,1H3/t8-,10+,11+/m1/s1. The number of hydrogen-bond acceptors (Lipinski definition) is 3. The van der Waals surface area contributed by atoms with Crippen LogP contribution in [0.15, 0.2) is 24.3 Å². The zero-order chi connectivity index (χ0) is 10.4. The molecule has 3 atom stereocenters. The molecule has 1 aliphatic heterocycles. The van der Waals surface area contributed by atoms with Crippen molar-refractivity contribution in [1.29, 1.82) is 0 Å². The van der Waals surface area contributed by atoms with Crippen LogP contribution in [0.25, 0.3) is 0 Å². The molecule has 2 aliphatic rings. The van der Waals surface area contributed by atoms with Crippen molar-refractivity contribution < 1.29 is 14.3 Å². The predicted molar refractivity (Wildman–Crippen MR) is 53.7 cm³/mol. The molecule has 3 rings (SSSR count). The van der Waals surface area contributed by atoms with E-state index < -0.39 is 0 Å². The highest BCUT2D eigenvalue weighted by atomic mass is 16.5. The van der Waals surface area contributed by atoms with Gasteiger partial charge in [0.15, 0.2) is 0 Å². The quantitative estimate of drug-likeness (QED) is 0.651. The fraction of sp³-hybridized carbons (Fsp3) is 0.417. The molecule has 0 unspecified atom stereocenters. The van der Waals surface area contributed by atoms with E-state index in [1.807, 2.05) is 24.3 Å². The average Bonchev–Trinajstić information content (AvgIpc) is 3.02. The Balaban J connectivity index is 1.93. The van der Waals surface area contributed by atoms with Gasteiger partial charge < -0.3 is 9.47 Å². The van der Waals surface area contributed by atoms with Gasteiger partial charge in [-0.3, -0.25) is 4.79 Å². The number of para-hydroxylation sites is 1. The first-order valence-corrected chi connectivity index (χ1v) is 5.12. The maximum Gasteiger partial charge on any atom is 0.309 e. The molecule has 1 aromatic rings. The van der Waals surface area contributed by atoms with Gasteiger partial charge in [0.25, 0.3) is 0 Å². The van der Waals surface area contributed by atoms with Crippen LogP contribution in [-0.4, -0.2) is 19.7 Å². The first-order valence-electron chi connectivity index (χ1n) is 5.12. The Hall–Kier alpha value is -1.51. The van der Waals surface area contributed by atoms with Crippen LogP contribution in [0.5, 0.6) is 5.75 Å². The average molecular weight is 204 g/mol. The molecule has 0 radical (unpaired) electrons. The van der Waals surface area contributed by atoms with Crippen LogP contribution >= 0.6 is 0 Å². The van der Waals surface area contributed by atoms with Gasteiger partial charge in [-0.05, 0) is 11.6 Å². The number of ether oxygens (including phenoxy) is 2. The Kier molecular flexibility index (Phi) is 1.75. The van der Waals surface area contributed by atoms with Crippen LogP contribution in [0.4, 0.5) is 0 Å². The Morgan fingerprint density at radius 2 is 2.27 bits per heavy atom. The fourth-order valence-corrected chi connectivity index (χ4v) is 2.54. The van der Waals surface area contributed by atoms with E-state index in [4.69, 9.17) is 9.47 Å². The van der Waals surface area contributed by atoms with Crippen molar-refractivity contribution in [3.05, 3.63) is 29.8 Å². The monoisotopic (exact) mass is 204 g/mol. The zero-order valence-electron chi connectivity index (χ0n) is 8.47. The highest BCUT2D eigenvalue weighted by Crippen LogP contribution is 2.59. The van der Waals surface area contributed by atoms with Gasteiger partial charge in [0, 0.05) is 11.8 Å². The molecule has 78 valence electrons. The number of fused-ring (bicyclic) bond motifs is 3. The number of carbonyl (C=O) groups excluding carboxylic acids is 1. The molecule has 1 aliphatic carbocycles. The van der Waals surface area contributed by atoms with Crippen molar-refractivity contribution in [3.63, 3.8) is 0 Å². The van der Waals surface area contributed by atoms with Crippen molar-refractivity contribution in [2.24, 2.45) is 11.8 Å². The minimum Gasteiger partial charge on any atom is -0.493 e. The Morgan fingerprint density at radius 1 is 1.47 bits per heavy atom. The summed E-state index contributed by atoms with van der Waals surface area (Å²) in [6, 6.07) is 7.93. The molecular weight excluding hydrogens is 192 g/mol. The van der Waals surface area contributed by atoms with E-state index in [0.717, 1.165) is 11.3 Å². The second kappa shape index (κ2) is 2.99. The second-order valence-electron chi connectivity index (χ2n) is 4.09. The third kappa shape index (κ3) is 1.16. The maximum absolute atomic E-state index is 11.5. The van der Waals surface area contributed by atoms with E-state index in [9.17, 15) is 4.79 Å². The van der Waals surface area contributed by atoms with Crippen LogP contribution in [0, 0.1) is 11.8 Å². The van der Waals surface area contributed by atoms with Gasteiger partial charge in [-0.2, -0.15) is 0 Å². The van der Waals surface area contributed by atoms with Crippen LogP contribution < -0.4 is 4.74 Å². The van der Waals surface area contributed by atoms with Gasteiger partial charge in [0.05, 0.1) is 19.6 Å². The van der Waals surface area contributed by atoms with E-state index in [1.165, 1.54) is 7.11 Å². The van der Waals surface area contributed by atoms with Gasteiger partial charge in [0.2, 0.25) is 0 Å². The number of hydrogen-bond donors (Lipinski definition) is 0. The number of carbonyl (C=O) groups is 1. The summed E-state index contributed by atoms with van der Waals surface area (Å²) in [5.41, 5.74) is 1.16. The highest BCUT2D eigenvalue weighted by molar-refractivity contribution is 5.79. The molecule has 0 bridgehead atoms. The van der Waals surface area contributed by atoms with E-state index in [0.29, 0.717) is 18.4 Å². The minimum absolute atomic E-state index is 0.0126. The molecular formula is C12H12O3. The number of benzene rings is 1. The van der Waals surface area contributed by atoms with Crippen molar-refractivity contribution in [2.75, 3.05) is 13.7 Å². The van der Waals surface area contributed by atoms with E-state index in [2.05, 4.69) is 0 Å². The lowest BCUT2D eigenvalue weighted by Crippen LogP contribution is -2.09. The third-order valence-corrected chi connectivity index (χ3v) is 3.35. The van der Waals surface area contributed by atoms with Gasteiger partial charge >= 0.3 is 5.97 Å². The van der Waals surface area contributed by atoms with Crippen LogP contribution in [0.1, 0.15) is 11.5 Å². The van der Waals surface area contributed by atoms with Gasteiger partial charge in [-0.25, -0.2) is 0 Å². The SMILES string of the molecule is COC(=O)[C@H]1[C@@H]2COc3ccccc3[C@@H]21. The van der Waals surface area contributed by atoms with Crippen LogP contribution in [0.2, 0.25) is 0 Å². The van der Waals surface area contributed by atoms with Crippen molar-refractivity contribution in [2.45, 2.75) is 5.92 Å². The molecule has 0 spiro atoms. The van der Waals surface area contributed by atoms with Crippen molar-refractivity contribution >= 4 is 5.97 Å². The number of rotatable bonds is 1. The summed E-state index contributed by atoms with van der Waals surface area (Å²) in [5, 5.41) is 0. The Bertz CT molecular complexity index is 413. The molecule has 1 aromatic carbocycles. The summed E-state index contributed by atoms with van der Waals surface area (Å²) >= 11 is 0. The topological polar surface area (TPSA) is 35.5 Å². The van der Waals surface area contributed by atoms with Gasteiger partial charge in [0.1, 0.15) is 5.75 Å². The molecule has 3 nitrogen and oxygen atoms in total. The largest absolute Gasteiger partial charge is 0.493 e. The summed E-state index contributed by atoms with van der Waals surface area (Å²) in [6.07, 6.45) is 0. The molecule has 3 heteroatoms. The van der Waals surface area contributed by atoms with E-state index in [-0.39, 0.29) is 11.9 Å². The number of esters is 1. The lowest BCUT2D eigenvalue weighted by molar-refractivity contribution is -0.142. The Labute approximate surface area is 88.0 Å². The molecule has 1 fully saturated rings. The Morgan fingerprint density at radius 3 is 3.07 bits per heavy atom. The lowest BCUT2D eigenvalue weighted by atomic mass is 10.1. The molecule has 0 aromatic heterocycles. The third-order valence-electron chi connectivity index (χ3n) is 3.35. The van der Waals surface area contributed by atoms with Gasteiger partial charge in [-0.15, -0.1) is 0 Å². The van der Waals surface area contributed by atoms with Gasteiger partial charge in [-0.1, -0.05) is 18.2 Å². The zero-order valence-corrected chi connectivity index (χ0v) is 8.47. The summed E-state index contributed by atoms with van der Waals surface area (Å²) in [6.45, 7) is 0.640. The molecule has 1 saturated carbocycles. The molecule has 15 heavy (non-hydrogen) atoms. The number of methoxy groups -OCH3 is 1. The molecule has 0 N–H and O–H groups in total. The van der Waals surface area contributed by atoms with Crippen LogP contribution in [0.3, 0.4) is 0 Å². The van der Waals surface area contributed by atoms with Crippen molar-refractivity contribution in [3.8, 4) is 5.75 Å². The molecule has 0 amide bonds. The predicted octanol–water partition coefficient (Wildman–Crippen LogP) is 1.58. The molecule has 1 heterocycles. The maximum atomic E-state index is 11.5. The highest BCUT2D eigenvalue weighted by Gasteiger charge is 2.59. The molecule has 0 saturated heterocycles. The lowest BCUT2D eigenvalue weighted by Gasteiger charge is -2.15. The van der Waals surface area contributed by atoms with E-state index >= 15 is 0 Å².